The molecule has 0 aliphatic rings. The third-order valence-electron chi connectivity index (χ3n) is 3.51. The van der Waals surface area contributed by atoms with E-state index in [1.54, 1.807) is 6.20 Å². The summed E-state index contributed by atoms with van der Waals surface area (Å²) >= 11 is 0. The summed E-state index contributed by atoms with van der Waals surface area (Å²) in [5, 5.41) is 13.7. The fourth-order valence-corrected chi connectivity index (χ4v) is 2.46. The van der Waals surface area contributed by atoms with Gasteiger partial charge in [0.15, 0.2) is 0 Å². The summed E-state index contributed by atoms with van der Waals surface area (Å²) in [5.74, 6) is -0.948. The summed E-state index contributed by atoms with van der Waals surface area (Å²) < 4.78 is 1.81. The lowest BCUT2D eigenvalue weighted by atomic mass is 10.0. The number of nitrogens with zero attached hydrogens (tertiary/aromatic N) is 3. The van der Waals surface area contributed by atoms with E-state index in [9.17, 15) is 9.90 Å². The molecule has 5 heteroatoms. The molecular formula is C17H15N3O2. The first-order chi connectivity index (χ1) is 10.6. The molecule has 110 valence electrons. The van der Waals surface area contributed by atoms with Crippen LogP contribution in [0.3, 0.4) is 0 Å². The average molecular weight is 293 g/mol. The van der Waals surface area contributed by atoms with Crippen LogP contribution in [0, 0.1) is 0 Å². The van der Waals surface area contributed by atoms with E-state index in [-0.39, 0.29) is 5.56 Å². The SMILES string of the molecule is Cn1nc(Cc2cnccc2C(=O)O)cc1-c1ccccc1. The van der Waals surface area contributed by atoms with Crippen LogP contribution < -0.4 is 0 Å². The molecule has 0 radical (unpaired) electrons. The van der Waals surface area contributed by atoms with Crippen molar-refractivity contribution < 1.29 is 9.90 Å². The minimum atomic E-state index is -0.948. The molecule has 0 amide bonds. The lowest BCUT2D eigenvalue weighted by Crippen LogP contribution is -2.04. The van der Waals surface area contributed by atoms with Gasteiger partial charge in [0.25, 0.3) is 0 Å². The van der Waals surface area contributed by atoms with Gasteiger partial charge in [-0.2, -0.15) is 5.10 Å². The smallest absolute Gasteiger partial charge is 0.336 e. The molecule has 5 nitrogen and oxygen atoms in total. The quantitative estimate of drug-likeness (QED) is 0.803. The van der Waals surface area contributed by atoms with Crippen molar-refractivity contribution in [3.63, 3.8) is 0 Å². The number of carboxylic acids is 1. The summed E-state index contributed by atoms with van der Waals surface area (Å²) in [6, 6.07) is 13.5. The monoisotopic (exact) mass is 293 g/mol. The molecule has 0 unspecified atom stereocenters. The van der Waals surface area contributed by atoms with E-state index in [4.69, 9.17) is 0 Å². The van der Waals surface area contributed by atoms with Gasteiger partial charge in [0.1, 0.15) is 0 Å². The molecule has 0 aliphatic heterocycles. The van der Waals surface area contributed by atoms with E-state index >= 15 is 0 Å². The van der Waals surface area contributed by atoms with E-state index in [0.29, 0.717) is 12.0 Å². The number of hydrogen-bond donors (Lipinski definition) is 1. The topological polar surface area (TPSA) is 68.0 Å². The van der Waals surface area contributed by atoms with E-state index in [1.807, 2.05) is 48.1 Å². The molecule has 0 aliphatic carbocycles. The molecule has 1 N–H and O–H groups in total. The fraction of sp³-hybridized carbons (Fsp3) is 0.118. The Bertz CT molecular complexity index is 810. The third-order valence-corrected chi connectivity index (χ3v) is 3.51. The molecule has 3 aromatic rings. The second-order valence-corrected chi connectivity index (χ2v) is 5.03. The minimum Gasteiger partial charge on any atom is -0.478 e. The van der Waals surface area contributed by atoms with Gasteiger partial charge in [0, 0.05) is 25.9 Å². The largest absolute Gasteiger partial charge is 0.478 e. The molecule has 22 heavy (non-hydrogen) atoms. The molecule has 0 fully saturated rings. The molecule has 1 aromatic carbocycles. The predicted molar refractivity (Wildman–Crippen MR) is 82.6 cm³/mol. The average Bonchev–Trinajstić information content (AvgIpc) is 2.89. The van der Waals surface area contributed by atoms with Gasteiger partial charge in [-0.25, -0.2) is 4.79 Å². The summed E-state index contributed by atoms with van der Waals surface area (Å²) in [5.41, 5.74) is 3.82. The van der Waals surface area contributed by atoms with E-state index < -0.39 is 5.97 Å². The standard InChI is InChI=1S/C17H15N3O2/c1-20-16(12-5-3-2-4-6-12)10-14(19-20)9-13-11-18-8-7-15(13)17(21)22/h2-8,10-11H,9H2,1H3,(H,21,22). The van der Waals surface area contributed by atoms with Gasteiger partial charge in [-0.3, -0.25) is 9.67 Å². The van der Waals surface area contributed by atoms with Crippen LogP contribution in [0.5, 0.6) is 0 Å². The van der Waals surface area contributed by atoms with Crippen molar-refractivity contribution in [1.29, 1.82) is 0 Å². The molecule has 2 heterocycles. The van der Waals surface area contributed by atoms with Gasteiger partial charge in [0.05, 0.1) is 17.0 Å². The summed E-state index contributed by atoms with van der Waals surface area (Å²) in [6.07, 6.45) is 3.51. The maximum atomic E-state index is 11.3. The fourth-order valence-electron chi connectivity index (χ4n) is 2.46. The highest BCUT2D eigenvalue weighted by Gasteiger charge is 2.13. The number of aromatic carboxylic acids is 1. The van der Waals surface area contributed by atoms with Crippen molar-refractivity contribution in [2.75, 3.05) is 0 Å². The number of rotatable bonds is 4. The molecule has 0 saturated heterocycles. The van der Waals surface area contributed by atoms with Crippen LogP contribution in [0.4, 0.5) is 0 Å². The summed E-state index contributed by atoms with van der Waals surface area (Å²) in [4.78, 5) is 15.3. The lowest BCUT2D eigenvalue weighted by molar-refractivity contribution is 0.0695. The number of hydrogen-bond acceptors (Lipinski definition) is 3. The van der Waals surface area contributed by atoms with Crippen molar-refractivity contribution in [3.8, 4) is 11.3 Å². The van der Waals surface area contributed by atoms with Crippen molar-refractivity contribution in [2.24, 2.45) is 7.05 Å². The van der Waals surface area contributed by atoms with Gasteiger partial charge in [-0.15, -0.1) is 0 Å². The zero-order valence-electron chi connectivity index (χ0n) is 12.1. The van der Waals surface area contributed by atoms with Crippen LogP contribution in [0.1, 0.15) is 21.6 Å². The van der Waals surface area contributed by atoms with E-state index in [1.165, 1.54) is 12.3 Å². The van der Waals surface area contributed by atoms with Crippen LogP contribution in [0.15, 0.2) is 54.9 Å². The number of pyridine rings is 1. The Morgan fingerprint density at radius 2 is 2.00 bits per heavy atom. The highest BCUT2D eigenvalue weighted by molar-refractivity contribution is 5.89. The Kier molecular flexibility index (Phi) is 3.70. The normalized spacial score (nSPS) is 10.6. The van der Waals surface area contributed by atoms with Crippen molar-refractivity contribution in [3.05, 3.63) is 71.7 Å². The van der Waals surface area contributed by atoms with Crippen molar-refractivity contribution in [1.82, 2.24) is 14.8 Å². The van der Waals surface area contributed by atoms with Crippen LogP contribution >= 0.6 is 0 Å². The molecule has 0 atom stereocenters. The first-order valence-electron chi connectivity index (χ1n) is 6.89. The Labute approximate surface area is 127 Å². The number of benzene rings is 1. The second kappa shape index (κ2) is 5.81. The molecular weight excluding hydrogens is 278 g/mol. The molecule has 0 saturated carbocycles. The van der Waals surface area contributed by atoms with Gasteiger partial charge in [-0.1, -0.05) is 30.3 Å². The lowest BCUT2D eigenvalue weighted by Gasteiger charge is -2.02. The molecule has 3 rings (SSSR count). The maximum absolute atomic E-state index is 11.3. The highest BCUT2D eigenvalue weighted by atomic mass is 16.4. The van der Waals surface area contributed by atoms with E-state index in [0.717, 1.165) is 17.0 Å². The summed E-state index contributed by atoms with van der Waals surface area (Å²) in [7, 11) is 1.88. The van der Waals surface area contributed by atoms with E-state index in [2.05, 4.69) is 10.1 Å². The van der Waals surface area contributed by atoms with Gasteiger partial charge in [0.2, 0.25) is 0 Å². The van der Waals surface area contributed by atoms with Crippen LogP contribution in [0.2, 0.25) is 0 Å². The van der Waals surface area contributed by atoms with Crippen LogP contribution in [-0.2, 0) is 13.5 Å². The van der Waals surface area contributed by atoms with Gasteiger partial charge >= 0.3 is 5.97 Å². The number of carboxylic acid groups (broad SMARTS) is 1. The Hall–Kier alpha value is -2.95. The molecule has 0 bridgehead atoms. The third kappa shape index (κ3) is 2.74. The first-order valence-corrected chi connectivity index (χ1v) is 6.89. The zero-order chi connectivity index (χ0) is 15.5. The number of aromatic nitrogens is 3. The van der Waals surface area contributed by atoms with Gasteiger partial charge < -0.3 is 5.11 Å². The minimum absolute atomic E-state index is 0.266. The maximum Gasteiger partial charge on any atom is 0.336 e. The zero-order valence-corrected chi connectivity index (χ0v) is 12.1. The Morgan fingerprint density at radius 1 is 1.23 bits per heavy atom. The van der Waals surface area contributed by atoms with Crippen LogP contribution in [0.25, 0.3) is 11.3 Å². The Balaban J connectivity index is 1.94. The van der Waals surface area contributed by atoms with Crippen molar-refractivity contribution in [2.45, 2.75) is 6.42 Å². The Morgan fingerprint density at radius 3 is 2.73 bits per heavy atom. The van der Waals surface area contributed by atoms with Gasteiger partial charge in [-0.05, 0) is 23.3 Å². The molecule has 2 aromatic heterocycles. The van der Waals surface area contributed by atoms with Crippen molar-refractivity contribution >= 4 is 5.97 Å². The highest BCUT2D eigenvalue weighted by Crippen LogP contribution is 2.21. The first kappa shape index (κ1) is 14.0. The van der Waals surface area contributed by atoms with Crippen LogP contribution in [-0.4, -0.2) is 25.8 Å². The second-order valence-electron chi connectivity index (χ2n) is 5.03. The molecule has 0 spiro atoms. The predicted octanol–water partition coefficient (Wildman–Crippen LogP) is 2.77. The number of carbonyl (C=O) groups is 1. The summed E-state index contributed by atoms with van der Waals surface area (Å²) in [6.45, 7) is 0. The number of aryl methyl sites for hydroxylation is 1.